The number of carbonyl (C=O) groups is 3. The van der Waals surface area contributed by atoms with Crippen LogP contribution in [0.4, 0.5) is 5.69 Å². The van der Waals surface area contributed by atoms with E-state index in [-0.39, 0.29) is 22.3 Å². The number of ether oxygens (including phenoxy) is 2. The van der Waals surface area contributed by atoms with Gasteiger partial charge in [-0.25, -0.2) is 0 Å². The monoisotopic (exact) mass is 563 g/mol. The highest BCUT2D eigenvalue weighted by atomic mass is 79.9. The van der Waals surface area contributed by atoms with Crippen LogP contribution in [-0.2, 0) is 19.1 Å². The molecule has 1 heterocycles. The van der Waals surface area contributed by atoms with Crippen LogP contribution < -0.4 is 15.4 Å². The summed E-state index contributed by atoms with van der Waals surface area (Å²) in [6.45, 7) is 0. The van der Waals surface area contributed by atoms with E-state index in [2.05, 4.69) is 32.6 Å². The van der Waals surface area contributed by atoms with E-state index < -0.39 is 23.7 Å². The predicted molar refractivity (Wildman–Crippen MR) is 132 cm³/mol. The Morgan fingerprint density at radius 3 is 2.53 bits per heavy atom. The van der Waals surface area contributed by atoms with Crippen molar-refractivity contribution in [2.24, 2.45) is 5.92 Å². The number of allylic oxidation sites excluding steroid dienone is 1. The van der Waals surface area contributed by atoms with Crippen LogP contribution in [0.15, 0.2) is 57.5 Å². The van der Waals surface area contributed by atoms with Gasteiger partial charge in [0.2, 0.25) is 11.8 Å². The molecule has 0 bridgehead atoms. The van der Waals surface area contributed by atoms with Crippen LogP contribution in [-0.4, -0.2) is 37.8 Å². The summed E-state index contributed by atoms with van der Waals surface area (Å²) in [5, 5.41) is 15.8. The van der Waals surface area contributed by atoms with Crippen LogP contribution in [0.3, 0.4) is 0 Å². The number of carbonyl (C=O) groups excluding carboxylic acids is 3. The Hall–Kier alpha value is -3.00. The van der Waals surface area contributed by atoms with Crippen LogP contribution in [0.5, 0.6) is 5.75 Å². The van der Waals surface area contributed by atoms with Crippen LogP contribution >= 0.6 is 39.3 Å². The first-order valence-electron chi connectivity index (χ1n) is 9.83. The number of anilines is 1. The number of halogens is 2. The van der Waals surface area contributed by atoms with E-state index in [9.17, 15) is 19.6 Å². The summed E-state index contributed by atoms with van der Waals surface area (Å²) in [5.41, 5.74) is 1.14. The first kappa shape index (κ1) is 25.6. The van der Waals surface area contributed by atoms with Crippen molar-refractivity contribution in [1.29, 1.82) is 5.26 Å². The van der Waals surface area contributed by atoms with Crippen molar-refractivity contribution in [3.63, 3.8) is 0 Å². The molecule has 0 radical (unpaired) electrons. The Balaban J connectivity index is 1.89. The lowest BCUT2D eigenvalue weighted by atomic mass is 9.78. The van der Waals surface area contributed by atoms with Gasteiger partial charge in [-0.3, -0.25) is 14.4 Å². The quantitative estimate of drug-likeness (QED) is 0.382. The van der Waals surface area contributed by atoms with Crippen molar-refractivity contribution in [3.05, 3.63) is 68.1 Å². The molecule has 11 heteroatoms. The molecule has 1 aliphatic heterocycles. The second-order valence-electron chi connectivity index (χ2n) is 7.06. The van der Waals surface area contributed by atoms with E-state index in [0.29, 0.717) is 22.0 Å². The molecule has 2 aromatic rings. The number of nitrogens with zero attached hydrogens (tertiary/aromatic N) is 1. The zero-order valence-corrected chi connectivity index (χ0v) is 21.2. The minimum Gasteiger partial charge on any atom is -0.497 e. The molecule has 2 atom stereocenters. The van der Waals surface area contributed by atoms with E-state index in [0.717, 1.165) is 16.2 Å². The lowest BCUT2D eigenvalue weighted by Gasteiger charge is -2.31. The Labute approximate surface area is 213 Å². The van der Waals surface area contributed by atoms with E-state index in [1.54, 1.807) is 42.5 Å². The van der Waals surface area contributed by atoms with Crippen molar-refractivity contribution in [3.8, 4) is 11.8 Å². The van der Waals surface area contributed by atoms with E-state index in [4.69, 9.17) is 21.1 Å². The SMILES string of the molecule is COC(=O)C1C(=O)NC(SCC(=O)Nc2ccc(Br)cc2Cl)=C(C#N)C1c1ccc(OC)cc1. The van der Waals surface area contributed by atoms with E-state index in [1.165, 1.54) is 14.2 Å². The number of thioether (sulfide) groups is 1. The summed E-state index contributed by atoms with van der Waals surface area (Å²) in [7, 11) is 2.69. The van der Waals surface area contributed by atoms with Crippen molar-refractivity contribution >= 4 is 62.8 Å². The average molecular weight is 565 g/mol. The number of benzene rings is 2. The molecule has 0 saturated carbocycles. The number of hydrogen-bond acceptors (Lipinski definition) is 7. The molecule has 2 amide bonds. The van der Waals surface area contributed by atoms with E-state index in [1.807, 2.05) is 0 Å². The molecule has 34 heavy (non-hydrogen) atoms. The summed E-state index contributed by atoms with van der Waals surface area (Å²) < 4.78 is 10.8. The first-order chi connectivity index (χ1) is 16.3. The summed E-state index contributed by atoms with van der Waals surface area (Å²) >= 11 is 10.4. The van der Waals surface area contributed by atoms with Gasteiger partial charge in [0.05, 0.1) is 47.4 Å². The Morgan fingerprint density at radius 2 is 1.94 bits per heavy atom. The summed E-state index contributed by atoms with van der Waals surface area (Å²) in [6.07, 6.45) is 0. The van der Waals surface area contributed by atoms with Gasteiger partial charge in [0, 0.05) is 10.4 Å². The molecule has 2 N–H and O–H groups in total. The molecule has 3 rings (SSSR count). The Kier molecular flexibility index (Phi) is 8.61. The normalized spacial score (nSPS) is 17.4. The third kappa shape index (κ3) is 5.73. The molecule has 0 aliphatic carbocycles. The smallest absolute Gasteiger partial charge is 0.319 e. The summed E-state index contributed by atoms with van der Waals surface area (Å²) in [4.78, 5) is 37.8. The minimum atomic E-state index is -1.26. The van der Waals surface area contributed by atoms with Crippen molar-refractivity contribution < 1.29 is 23.9 Å². The predicted octanol–water partition coefficient (Wildman–Crippen LogP) is 4.22. The molecule has 1 aliphatic rings. The molecule has 176 valence electrons. The highest BCUT2D eigenvalue weighted by Crippen LogP contribution is 2.40. The zero-order valence-electron chi connectivity index (χ0n) is 18.1. The van der Waals surface area contributed by atoms with Crippen molar-refractivity contribution in [2.45, 2.75) is 5.92 Å². The third-order valence-corrected chi connectivity index (χ3v) is 6.83. The Morgan fingerprint density at radius 1 is 1.24 bits per heavy atom. The average Bonchev–Trinajstić information content (AvgIpc) is 2.83. The number of hydrogen-bond donors (Lipinski definition) is 2. The van der Waals surface area contributed by atoms with Gasteiger partial charge in [-0.1, -0.05) is 51.4 Å². The zero-order chi connectivity index (χ0) is 24.8. The highest BCUT2D eigenvalue weighted by molar-refractivity contribution is 9.10. The maximum atomic E-state index is 12.9. The fourth-order valence-corrected chi connectivity index (χ4v) is 4.97. The topological polar surface area (TPSA) is 118 Å². The molecule has 2 unspecified atom stereocenters. The van der Waals surface area contributed by atoms with Gasteiger partial charge in [0.15, 0.2) is 0 Å². The van der Waals surface area contributed by atoms with Gasteiger partial charge < -0.3 is 20.1 Å². The second kappa shape index (κ2) is 11.4. The standard InChI is InChI=1S/C23H19BrClN3O5S/c1-32-14-6-3-12(4-7-14)19-15(10-26)22(28-21(30)20(19)23(31)33-2)34-11-18(29)27-17-8-5-13(24)9-16(17)25/h3-9,19-20H,11H2,1-2H3,(H,27,29)(H,28,30). The third-order valence-electron chi connectivity index (χ3n) is 5.01. The highest BCUT2D eigenvalue weighted by Gasteiger charge is 2.44. The Bertz CT molecular complexity index is 1200. The number of methoxy groups -OCH3 is 2. The van der Waals surface area contributed by atoms with Gasteiger partial charge in [-0.15, -0.1) is 0 Å². The van der Waals surface area contributed by atoms with Gasteiger partial charge in [0.25, 0.3) is 0 Å². The first-order valence-corrected chi connectivity index (χ1v) is 12.0. The lowest BCUT2D eigenvalue weighted by molar-refractivity contribution is -0.150. The molecule has 0 spiro atoms. The fraction of sp³-hybridized carbons (Fsp3) is 0.217. The summed E-state index contributed by atoms with van der Waals surface area (Å²) in [6, 6.07) is 13.8. The number of nitrogens with one attached hydrogen (secondary N) is 2. The largest absolute Gasteiger partial charge is 0.497 e. The molecular formula is C23H19BrClN3O5S. The number of amides is 2. The van der Waals surface area contributed by atoms with Gasteiger partial charge in [-0.2, -0.15) is 5.26 Å². The van der Waals surface area contributed by atoms with Crippen molar-refractivity contribution in [1.82, 2.24) is 5.32 Å². The molecule has 2 aromatic carbocycles. The van der Waals surface area contributed by atoms with Crippen LogP contribution in [0.1, 0.15) is 11.5 Å². The molecule has 8 nitrogen and oxygen atoms in total. The minimum absolute atomic E-state index is 0.106. The van der Waals surface area contributed by atoms with Crippen LogP contribution in [0, 0.1) is 17.2 Å². The maximum Gasteiger partial charge on any atom is 0.319 e. The van der Waals surface area contributed by atoms with Crippen LogP contribution in [0.25, 0.3) is 0 Å². The fourth-order valence-electron chi connectivity index (χ4n) is 3.41. The van der Waals surface area contributed by atoms with Gasteiger partial charge >= 0.3 is 5.97 Å². The number of nitriles is 1. The number of rotatable bonds is 7. The molecule has 0 aromatic heterocycles. The van der Waals surface area contributed by atoms with Crippen molar-refractivity contribution in [2.75, 3.05) is 25.3 Å². The molecular weight excluding hydrogens is 546 g/mol. The molecule has 0 fully saturated rings. The summed E-state index contributed by atoms with van der Waals surface area (Å²) in [5.74, 6) is -3.44. The number of esters is 1. The second-order valence-corrected chi connectivity index (χ2v) is 9.37. The van der Waals surface area contributed by atoms with Crippen LogP contribution in [0.2, 0.25) is 5.02 Å². The molecule has 0 saturated heterocycles. The van der Waals surface area contributed by atoms with Gasteiger partial charge in [-0.05, 0) is 35.9 Å². The van der Waals surface area contributed by atoms with E-state index >= 15 is 0 Å². The lowest BCUT2D eigenvalue weighted by Crippen LogP contribution is -2.44. The maximum absolute atomic E-state index is 12.9. The van der Waals surface area contributed by atoms with Gasteiger partial charge in [0.1, 0.15) is 11.7 Å².